The van der Waals surface area contributed by atoms with Crippen LogP contribution in [-0.4, -0.2) is 12.5 Å². The molecular formula is C16H25NOS. The van der Waals surface area contributed by atoms with E-state index < -0.39 is 0 Å². The number of nitrogens with one attached hydrogen (secondary N) is 1. The van der Waals surface area contributed by atoms with E-state index >= 15 is 0 Å². The standard InChI is InChI=1S/C16H25NOS/c1-4-6-7-13-14(5-2)19-11(3)15(13)16(18)17-10-12-8-9-12/h12H,4-10H2,1-3H3,(H,17,18). The molecule has 1 aliphatic carbocycles. The highest BCUT2D eigenvalue weighted by Gasteiger charge is 2.24. The molecule has 1 fully saturated rings. The van der Waals surface area contributed by atoms with E-state index in [0.717, 1.165) is 30.9 Å². The first-order valence-corrected chi connectivity index (χ1v) is 8.38. The summed E-state index contributed by atoms with van der Waals surface area (Å²) in [4.78, 5) is 15.0. The van der Waals surface area contributed by atoms with Crippen LogP contribution in [0.25, 0.3) is 0 Å². The topological polar surface area (TPSA) is 29.1 Å². The van der Waals surface area contributed by atoms with Crippen molar-refractivity contribution >= 4 is 17.2 Å². The lowest BCUT2D eigenvalue weighted by Gasteiger charge is -2.08. The fraction of sp³-hybridized carbons (Fsp3) is 0.688. The second kappa shape index (κ2) is 6.56. The quantitative estimate of drug-likeness (QED) is 0.800. The summed E-state index contributed by atoms with van der Waals surface area (Å²) >= 11 is 1.81. The van der Waals surface area contributed by atoms with Crippen LogP contribution in [-0.2, 0) is 12.8 Å². The first kappa shape index (κ1) is 14.6. The third-order valence-electron chi connectivity index (χ3n) is 3.84. The smallest absolute Gasteiger partial charge is 0.252 e. The van der Waals surface area contributed by atoms with Crippen LogP contribution in [0, 0.1) is 12.8 Å². The van der Waals surface area contributed by atoms with E-state index in [2.05, 4.69) is 26.1 Å². The molecule has 0 aromatic carbocycles. The van der Waals surface area contributed by atoms with Gasteiger partial charge in [0.15, 0.2) is 0 Å². The van der Waals surface area contributed by atoms with Gasteiger partial charge in [-0.05, 0) is 50.5 Å². The zero-order chi connectivity index (χ0) is 13.8. The molecule has 0 unspecified atom stereocenters. The molecule has 2 nitrogen and oxygen atoms in total. The van der Waals surface area contributed by atoms with Crippen LogP contribution in [0.3, 0.4) is 0 Å². The predicted molar refractivity (Wildman–Crippen MR) is 82.1 cm³/mol. The summed E-state index contributed by atoms with van der Waals surface area (Å²) in [6, 6.07) is 0. The molecule has 3 heteroatoms. The number of unbranched alkanes of at least 4 members (excludes halogenated alkanes) is 1. The number of aryl methyl sites for hydroxylation is 2. The van der Waals surface area contributed by atoms with Crippen LogP contribution in [0.2, 0.25) is 0 Å². The van der Waals surface area contributed by atoms with Crippen molar-refractivity contribution in [1.29, 1.82) is 0 Å². The van der Waals surface area contributed by atoms with E-state index in [1.165, 1.54) is 41.0 Å². The molecule has 1 heterocycles. The van der Waals surface area contributed by atoms with E-state index in [-0.39, 0.29) is 5.91 Å². The second-order valence-electron chi connectivity index (χ2n) is 5.55. The predicted octanol–water partition coefficient (Wildman–Crippen LogP) is 4.10. The molecule has 0 atom stereocenters. The molecule has 1 saturated carbocycles. The van der Waals surface area contributed by atoms with E-state index in [0.29, 0.717) is 0 Å². The minimum atomic E-state index is 0.159. The van der Waals surface area contributed by atoms with Crippen LogP contribution in [0.5, 0.6) is 0 Å². The molecule has 2 rings (SSSR count). The van der Waals surface area contributed by atoms with E-state index in [9.17, 15) is 4.79 Å². The van der Waals surface area contributed by atoms with Crippen molar-refractivity contribution in [3.8, 4) is 0 Å². The van der Waals surface area contributed by atoms with Gasteiger partial charge in [0.2, 0.25) is 0 Å². The van der Waals surface area contributed by atoms with Crippen LogP contribution in [0.4, 0.5) is 0 Å². The van der Waals surface area contributed by atoms with Gasteiger partial charge in [-0.3, -0.25) is 4.79 Å². The van der Waals surface area contributed by atoms with Crippen molar-refractivity contribution in [3.63, 3.8) is 0 Å². The lowest BCUT2D eigenvalue weighted by atomic mass is 10.0. The summed E-state index contributed by atoms with van der Waals surface area (Å²) in [5, 5.41) is 3.12. The second-order valence-corrected chi connectivity index (χ2v) is 6.85. The molecule has 1 N–H and O–H groups in total. The molecule has 1 aliphatic rings. The third-order valence-corrected chi connectivity index (χ3v) is 5.14. The van der Waals surface area contributed by atoms with Crippen LogP contribution in [0.15, 0.2) is 0 Å². The largest absolute Gasteiger partial charge is 0.352 e. The maximum absolute atomic E-state index is 12.4. The number of amides is 1. The highest BCUT2D eigenvalue weighted by Crippen LogP contribution is 2.31. The molecule has 1 aromatic rings. The van der Waals surface area contributed by atoms with Crippen molar-refractivity contribution in [3.05, 3.63) is 20.9 Å². The van der Waals surface area contributed by atoms with Gasteiger partial charge in [-0.2, -0.15) is 0 Å². The number of hydrogen-bond donors (Lipinski definition) is 1. The van der Waals surface area contributed by atoms with E-state index in [4.69, 9.17) is 0 Å². The zero-order valence-electron chi connectivity index (χ0n) is 12.3. The van der Waals surface area contributed by atoms with Crippen molar-refractivity contribution in [2.75, 3.05) is 6.54 Å². The average Bonchev–Trinajstić information content (AvgIpc) is 3.17. The zero-order valence-corrected chi connectivity index (χ0v) is 13.2. The molecule has 0 bridgehead atoms. The Kier molecular flexibility index (Phi) is 5.03. The lowest BCUT2D eigenvalue weighted by molar-refractivity contribution is 0.0950. The Labute approximate surface area is 120 Å². The first-order chi connectivity index (χ1) is 9.17. The van der Waals surface area contributed by atoms with Crippen molar-refractivity contribution in [2.45, 2.75) is 59.3 Å². The highest BCUT2D eigenvalue weighted by atomic mass is 32.1. The first-order valence-electron chi connectivity index (χ1n) is 7.56. The summed E-state index contributed by atoms with van der Waals surface area (Å²) in [6.07, 6.45) is 7.02. The van der Waals surface area contributed by atoms with Crippen molar-refractivity contribution < 1.29 is 4.79 Å². The van der Waals surface area contributed by atoms with Crippen molar-refractivity contribution in [1.82, 2.24) is 5.32 Å². The van der Waals surface area contributed by atoms with Crippen LogP contribution < -0.4 is 5.32 Å². The fourth-order valence-corrected chi connectivity index (χ4v) is 3.66. The van der Waals surface area contributed by atoms with E-state index in [1.54, 1.807) is 0 Å². The molecule has 1 aromatic heterocycles. The highest BCUT2D eigenvalue weighted by molar-refractivity contribution is 7.12. The molecule has 106 valence electrons. The lowest BCUT2D eigenvalue weighted by Crippen LogP contribution is -2.26. The minimum Gasteiger partial charge on any atom is -0.352 e. The van der Waals surface area contributed by atoms with Gasteiger partial charge in [0, 0.05) is 16.3 Å². The summed E-state index contributed by atoms with van der Waals surface area (Å²) in [5.41, 5.74) is 2.30. The van der Waals surface area contributed by atoms with Gasteiger partial charge in [-0.25, -0.2) is 0 Å². The summed E-state index contributed by atoms with van der Waals surface area (Å²) in [5.74, 6) is 0.902. The van der Waals surface area contributed by atoms with Gasteiger partial charge < -0.3 is 5.32 Å². The molecule has 0 saturated heterocycles. The fourth-order valence-electron chi connectivity index (χ4n) is 2.50. The molecule has 1 amide bonds. The third kappa shape index (κ3) is 3.59. The minimum absolute atomic E-state index is 0.159. The maximum Gasteiger partial charge on any atom is 0.252 e. The summed E-state index contributed by atoms with van der Waals surface area (Å²) in [6.45, 7) is 7.35. The van der Waals surface area contributed by atoms with Gasteiger partial charge >= 0.3 is 0 Å². The molecule has 0 radical (unpaired) electrons. The van der Waals surface area contributed by atoms with E-state index in [1.807, 2.05) is 11.3 Å². The van der Waals surface area contributed by atoms with Crippen molar-refractivity contribution in [2.24, 2.45) is 5.92 Å². The molecular weight excluding hydrogens is 254 g/mol. The normalized spacial score (nSPS) is 14.7. The molecule has 0 spiro atoms. The van der Waals surface area contributed by atoms with Gasteiger partial charge in [-0.15, -0.1) is 11.3 Å². The average molecular weight is 279 g/mol. The number of thiophene rings is 1. The Balaban J connectivity index is 2.15. The Bertz CT molecular complexity index is 446. The Morgan fingerprint density at radius 3 is 2.68 bits per heavy atom. The van der Waals surface area contributed by atoms with Crippen LogP contribution >= 0.6 is 11.3 Å². The van der Waals surface area contributed by atoms with Gasteiger partial charge in [-0.1, -0.05) is 20.3 Å². The van der Waals surface area contributed by atoms with Gasteiger partial charge in [0.25, 0.3) is 5.91 Å². The Hall–Kier alpha value is -0.830. The SMILES string of the molecule is CCCCc1c(CC)sc(C)c1C(=O)NCC1CC1. The van der Waals surface area contributed by atoms with Gasteiger partial charge in [0.05, 0.1) is 5.56 Å². The number of hydrogen-bond acceptors (Lipinski definition) is 2. The Morgan fingerprint density at radius 2 is 2.11 bits per heavy atom. The Morgan fingerprint density at radius 1 is 1.37 bits per heavy atom. The summed E-state index contributed by atoms with van der Waals surface area (Å²) in [7, 11) is 0. The molecule has 0 aliphatic heterocycles. The number of carbonyl (C=O) groups is 1. The monoisotopic (exact) mass is 279 g/mol. The van der Waals surface area contributed by atoms with Gasteiger partial charge in [0.1, 0.15) is 0 Å². The molecule has 19 heavy (non-hydrogen) atoms. The number of rotatable bonds is 7. The number of carbonyl (C=O) groups excluding carboxylic acids is 1. The van der Waals surface area contributed by atoms with Crippen LogP contribution in [0.1, 0.15) is 65.2 Å². The maximum atomic E-state index is 12.4. The summed E-state index contributed by atoms with van der Waals surface area (Å²) < 4.78 is 0.